The van der Waals surface area contributed by atoms with Crippen molar-refractivity contribution in [3.63, 3.8) is 0 Å². The summed E-state index contributed by atoms with van der Waals surface area (Å²) in [6, 6.07) is 0. The second-order valence-corrected chi connectivity index (χ2v) is 3.34. The van der Waals surface area contributed by atoms with E-state index in [2.05, 4.69) is 12.2 Å². The summed E-state index contributed by atoms with van der Waals surface area (Å²) in [6.45, 7) is 2.82. The Hall–Kier alpha value is 0.110. The fraction of sp³-hybridized carbons (Fsp3) is 0.833. The van der Waals surface area contributed by atoms with Gasteiger partial charge in [0.15, 0.2) is 0 Å². The Morgan fingerprint density at radius 2 is 2.40 bits per heavy atom. The highest BCUT2D eigenvalue weighted by Crippen LogP contribution is 1.94. The molecule has 0 spiro atoms. The normalized spacial score (nSPS) is 9.40. The molecular weight excluding hydrogens is 170 g/mol. The molecule has 60 valence electrons. The third kappa shape index (κ3) is 6.23. The number of hydrogen-bond donors (Lipinski definition) is 1. The van der Waals surface area contributed by atoms with Gasteiger partial charge < -0.3 is 5.32 Å². The largest absolute Gasteiger partial charge is 0.354 e. The summed E-state index contributed by atoms with van der Waals surface area (Å²) in [5, 5.41) is 2.68. The first kappa shape index (κ1) is 10.1. The van der Waals surface area contributed by atoms with E-state index in [-0.39, 0.29) is 11.8 Å². The topological polar surface area (TPSA) is 29.1 Å². The monoisotopic (exact) mass is 181 g/mol. The Kier molecular flexibility index (Phi) is 7.30. The lowest BCUT2D eigenvalue weighted by atomic mass is 10.6. The van der Waals surface area contributed by atoms with Gasteiger partial charge in [-0.25, -0.2) is 0 Å². The minimum Gasteiger partial charge on any atom is -0.354 e. The molecule has 0 aliphatic heterocycles. The maximum absolute atomic E-state index is 10.5. The molecule has 0 fully saturated rings. The van der Waals surface area contributed by atoms with Gasteiger partial charge in [-0.05, 0) is 5.75 Å². The summed E-state index contributed by atoms with van der Waals surface area (Å²) in [7, 11) is 0. The molecule has 0 saturated carbocycles. The average Bonchev–Trinajstić information content (AvgIpc) is 1.98. The number of rotatable bonds is 5. The third-order valence-corrected chi connectivity index (χ3v) is 2.04. The molecule has 0 rings (SSSR count). The van der Waals surface area contributed by atoms with Crippen molar-refractivity contribution >= 4 is 29.3 Å². The van der Waals surface area contributed by atoms with E-state index in [1.807, 2.05) is 0 Å². The van der Waals surface area contributed by atoms with Crippen LogP contribution in [-0.2, 0) is 4.79 Å². The van der Waals surface area contributed by atoms with Crippen molar-refractivity contribution < 1.29 is 4.79 Å². The second kappa shape index (κ2) is 7.22. The van der Waals surface area contributed by atoms with Crippen LogP contribution in [-0.4, -0.2) is 29.8 Å². The molecule has 0 aromatic heterocycles. The molecular formula is C6H12ClNOS. The van der Waals surface area contributed by atoms with Gasteiger partial charge in [-0.1, -0.05) is 6.92 Å². The summed E-state index contributed by atoms with van der Waals surface area (Å²) in [5.74, 6) is 2.05. The van der Waals surface area contributed by atoms with Gasteiger partial charge in [-0.2, -0.15) is 11.8 Å². The number of carbonyl (C=O) groups is 1. The van der Waals surface area contributed by atoms with E-state index in [0.29, 0.717) is 0 Å². The van der Waals surface area contributed by atoms with Gasteiger partial charge in [0.2, 0.25) is 5.91 Å². The number of nitrogens with one attached hydrogen (secondary N) is 1. The van der Waals surface area contributed by atoms with Crippen LogP contribution in [0.4, 0.5) is 0 Å². The average molecular weight is 182 g/mol. The molecule has 0 aliphatic rings. The molecule has 0 bridgehead atoms. The predicted octanol–water partition coefficient (Wildman–Crippen LogP) is 1.09. The Balaban J connectivity index is 2.96. The lowest BCUT2D eigenvalue weighted by Crippen LogP contribution is -2.26. The molecule has 0 atom stereocenters. The van der Waals surface area contributed by atoms with Crippen molar-refractivity contribution in [1.29, 1.82) is 0 Å². The van der Waals surface area contributed by atoms with Gasteiger partial charge in [-0.3, -0.25) is 4.79 Å². The summed E-state index contributed by atoms with van der Waals surface area (Å²) in [5.41, 5.74) is 0. The smallest absolute Gasteiger partial charge is 0.234 e. The van der Waals surface area contributed by atoms with Crippen LogP contribution in [0, 0.1) is 0 Å². The van der Waals surface area contributed by atoms with E-state index in [1.54, 1.807) is 11.8 Å². The Morgan fingerprint density at radius 1 is 1.70 bits per heavy atom. The van der Waals surface area contributed by atoms with Crippen LogP contribution in [0.1, 0.15) is 6.92 Å². The molecule has 0 aliphatic carbocycles. The highest BCUT2D eigenvalue weighted by atomic mass is 35.5. The van der Waals surface area contributed by atoms with Gasteiger partial charge in [0.1, 0.15) is 5.88 Å². The molecule has 0 unspecified atom stereocenters. The zero-order chi connectivity index (χ0) is 7.82. The molecule has 0 heterocycles. The minimum absolute atomic E-state index is 0.0663. The van der Waals surface area contributed by atoms with Crippen LogP contribution in [0.25, 0.3) is 0 Å². The SMILES string of the molecule is CCSCCNC(=O)CCl. The van der Waals surface area contributed by atoms with Gasteiger partial charge in [0.25, 0.3) is 0 Å². The molecule has 1 amide bonds. The van der Waals surface area contributed by atoms with E-state index in [9.17, 15) is 4.79 Å². The zero-order valence-electron chi connectivity index (χ0n) is 6.02. The number of carbonyl (C=O) groups excluding carboxylic acids is 1. The maximum atomic E-state index is 10.5. The first-order valence-corrected chi connectivity index (χ1v) is 4.90. The minimum atomic E-state index is -0.0848. The van der Waals surface area contributed by atoms with Gasteiger partial charge in [0.05, 0.1) is 0 Å². The van der Waals surface area contributed by atoms with Gasteiger partial charge >= 0.3 is 0 Å². The number of halogens is 1. The Labute approximate surface area is 70.7 Å². The van der Waals surface area contributed by atoms with Crippen molar-refractivity contribution in [3.8, 4) is 0 Å². The maximum Gasteiger partial charge on any atom is 0.234 e. The molecule has 4 heteroatoms. The predicted molar refractivity (Wildman–Crippen MR) is 46.7 cm³/mol. The van der Waals surface area contributed by atoms with Crippen molar-refractivity contribution in [2.75, 3.05) is 23.9 Å². The quantitative estimate of drug-likeness (QED) is 0.509. The van der Waals surface area contributed by atoms with Crippen LogP contribution < -0.4 is 5.32 Å². The van der Waals surface area contributed by atoms with Crippen molar-refractivity contribution in [3.05, 3.63) is 0 Å². The molecule has 0 aromatic carbocycles. The first-order chi connectivity index (χ1) is 4.81. The van der Waals surface area contributed by atoms with Crippen LogP contribution in [0.3, 0.4) is 0 Å². The number of hydrogen-bond acceptors (Lipinski definition) is 2. The van der Waals surface area contributed by atoms with E-state index < -0.39 is 0 Å². The summed E-state index contributed by atoms with van der Waals surface area (Å²) < 4.78 is 0. The number of amides is 1. The Bertz CT molecular complexity index is 99.7. The highest BCUT2D eigenvalue weighted by molar-refractivity contribution is 7.99. The van der Waals surface area contributed by atoms with Gasteiger partial charge in [0, 0.05) is 12.3 Å². The van der Waals surface area contributed by atoms with E-state index in [4.69, 9.17) is 11.6 Å². The van der Waals surface area contributed by atoms with Crippen molar-refractivity contribution in [2.45, 2.75) is 6.92 Å². The standard InChI is InChI=1S/C6H12ClNOS/c1-2-10-4-3-8-6(9)5-7/h2-5H2,1H3,(H,8,9). The summed E-state index contributed by atoms with van der Waals surface area (Å²) >= 11 is 7.05. The Morgan fingerprint density at radius 3 is 2.90 bits per heavy atom. The van der Waals surface area contributed by atoms with Crippen LogP contribution in [0.5, 0.6) is 0 Å². The summed E-state index contributed by atoms with van der Waals surface area (Å²) in [6.07, 6.45) is 0. The van der Waals surface area contributed by atoms with E-state index in [0.717, 1.165) is 18.1 Å². The van der Waals surface area contributed by atoms with E-state index >= 15 is 0 Å². The van der Waals surface area contributed by atoms with Crippen LogP contribution in [0.2, 0.25) is 0 Å². The molecule has 2 nitrogen and oxygen atoms in total. The molecule has 1 N–H and O–H groups in total. The van der Waals surface area contributed by atoms with Crippen LogP contribution in [0.15, 0.2) is 0 Å². The number of thioether (sulfide) groups is 1. The van der Waals surface area contributed by atoms with Crippen LogP contribution >= 0.6 is 23.4 Å². The molecule has 0 saturated heterocycles. The fourth-order valence-corrected chi connectivity index (χ4v) is 1.08. The molecule has 0 aromatic rings. The lowest BCUT2D eigenvalue weighted by Gasteiger charge is -1.99. The second-order valence-electron chi connectivity index (χ2n) is 1.68. The van der Waals surface area contributed by atoms with Crippen molar-refractivity contribution in [1.82, 2.24) is 5.32 Å². The van der Waals surface area contributed by atoms with Crippen molar-refractivity contribution in [2.24, 2.45) is 0 Å². The third-order valence-electron chi connectivity index (χ3n) is 0.894. The zero-order valence-corrected chi connectivity index (χ0v) is 7.60. The van der Waals surface area contributed by atoms with E-state index in [1.165, 1.54) is 0 Å². The molecule has 10 heavy (non-hydrogen) atoms. The number of alkyl halides is 1. The molecule has 0 radical (unpaired) electrons. The summed E-state index contributed by atoms with van der Waals surface area (Å²) in [4.78, 5) is 10.5. The highest BCUT2D eigenvalue weighted by Gasteiger charge is 1.94. The lowest BCUT2D eigenvalue weighted by molar-refractivity contribution is -0.118. The van der Waals surface area contributed by atoms with Gasteiger partial charge in [-0.15, -0.1) is 11.6 Å². The first-order valence-electron chi connectivity index (χ1n) is 3.21. The fourth-order valence-electron chi connectivity index (χ4n) is 0.454.